The molecule has 4 aromatic rings. The van der Waals surface area contributed by atoms with Crippen molar-refractivity contribution in [1.29, 1.82) is 0 Å². The number of aromatic nitrogens is 1. The Morgan fingerprint density at radius 1 is 0.758 bits per heavy atom. The van der Waals surface area contributed by atoms with Crippen LogP contribution in [0.1, 0.15) is 87.8 Å². The highest BCUT2D eigenvalue weighted by Crippen LogP contribution is 2.38. The number of amides is 6. The summed E-state index contributed by atoms with van der Waals surface area (Å²) in [7, 11) is 0. The van der Waals surface area contributed by atoms with Crippen LogP contribution in [0.25, 0.3) is 10.9 Å². The molecule has 0 bridgehead atoms. The molecule has 4 unspecified atom stereocenters. The van der Waals surface area contributed by atoms with Crippen molar-refractivity contribution in [1.82, 2.24) is 31.6 Å². The number of nitrogens with zero attached hydrogens (tertiary/aromatic N) is 1. The first kappa shape index (κ1) is 46.4. The summed E-state index contributed by atoms with van der Waals surface area (Å²) < 4.78 is 0. The van der Waals surface area contributed by atoms with E-state index in [1.54, 1.807) is 6.20 Å². The Bertz CT molecular complexity index is 2180. The average Bonchev–Trinajstić information content (AvgIpc) is 3.67. The second-order valence-electron chi connectivity index (χ2n) is 16.0. The van der Waals surface area contributed by atoms with Gasteiger partial charge in [-0.05, 0) is 80.5 Å². The zero-order valence-corrected chi connectivity index (χ0v) is 35.5. The van der Waals surface area contributed by atoms with E-state index in [-0.39, 0.29) is 56.4 Å². The number of hydrogen-bond donors (Lipinski definition) is 9. The second kappa shape index (κ2) is 22.2. The molecule has 1 fully saturated rings. The molecular weight excluding hydrogens is 789 g/mol. The molecule has 1 heterocycles. The highest BCUT2D eigenvalue weighted by molar-refractivity contribution is 5.98. The zero-order valence-electron chi connectivity index (χ0n) is 35.5. The Morgan fingerprint density at radius 3 is 2.02 bits per heavy atom. The summed E-state index contributed by atoms with van der Waals surface area (Å²) in [6, 6.07) is 22.0. The molecule has 1 aromatic heterocycles. The van der Waals surface area contributed by atoms with Crippen molar-refractivity contribution in [3.63, 3.8) is 0 Å². The molecule has 3 aromatic carbocycles. The summed E-state index contributed by atoms with van der Waals surface area (Å²) in [4.78, 5) is 89.5. The van der Waals surface area contributed by atoms with Gasteiger partial charge in [-0.3, -0.25) is 33.8 Å². The van der Waals surface area contributed by atoms with E-state index in [0.717, 1.165) is 27.6 Å². The Balaban J connectivity index is 1.42. The highest BCUT2D eigenvalue weighted by atomic mass is 16.2. The SMILES string of the molecule is CCCC(=O)NC1(C(=O)NC(Cc2ccccc2)C(=O)NC(CCCN=C(N)N)C(=O)NC(Cc2c[nH]c3ccccc23)C(=O)NC(C)C(N)=O)CCC(c2ccccc2)CC1. The van der Waals surface area contributed by atoms with E-state index in [0.29, 0.717) is 32.1 Å². The van der Waals surface area contributed by atoms with Crippen LogP contribution in [0.5, 0.6) is 0 Å². The first-order valence-electron chi connectivity index (χ1n) is 21.3. The summed E-state index contributed by atoms with van der Waals surface area (Å²) in [5, 5.41) is 15.1. The highest BCUT2D eigenvalue weighted by Gasteiger charge is 2.44. The summed E-state index contributed by atoms with van der Waals surface area (Å²) in [6.07, 6.45) is 5.00. The predicted octanol–water partition coefficient (Wildman–Crippen LogP) is 2.46. The maximum absolute atomic E-state index is 14.6. The number of aromatic amines is 1. The summed E-state index contributed by atoms with van der Waals surface area (Å²) in [6.45, 7) is 3.47. The van der Waals surface area contributed by atoms with Gasteiger partial charge in [-0.25, -0.2) is 0 Å². The van der Waals surface area contributed by atoms with Crippen LogP contribution in [0.2, 0.25) is 0 Å². The van der Waals surface area contributed by atoms with Crippen molar-refractivity contribution in [2.75, 3.05) is 6.54 Å². The van der Waals surface area contributed by atoms with Gasteiger partial charge in [0.2, 0.25) is 35.4 Å². The van der Waals surface area contributed by atoms with Crippen LogP contribution in [0, 0.1) is 0 Å². The van der Waals surface area contributed by atoms with Gasteiger partial charge in [-0.2, -0.15) is 0 Å². The molecule has 1 aliphatic rings. The fourth-order valence-corrected chi connectivity index (χ4v) is 7.92. The Kier molecular flexibility index (Phi) is 16.6. The maximum atomic E-state index is 14.6. The van der Waals surface area contributed by atoms with Gasteiger partial charge in [-0.1, -0.05) is 85.8 Å². The third kappa shape index (κ3) is 12.9. The molecule has 1 saturated carbocycles. The number of primary amides is 1. The van der Waals surface area contributed by atoms with E-state index in [2.05, 4.69) is 48.7 Å². The van der Waals surface area contributed by atoms with Crippen LogP contribution in [-0.4, -0.2) is 82.6 Å². The molecule has 330 valence electrons. The molecule has 6 amide bonds. The number of nitrogens with one attached hydrogen (secondary N) is 6. The molecule has 0 spiro atoms. The van der Waals surface area contributed by atoms with Gasteiger partial charge in [0.15, 0.2) is 5.96 Å². The van der Waals surface area contributed by atoms with Crippen molar-refractivity contribution < 1.29 is 28.8 Å². The van der Waals surface area contributed by atoms with Gasteiger partial charge in [0.1, 0.15) is 29.7 Å². The van der Waals surface area contributed by atoms with E-state index in [1.165, 1.54) is 6.92 Å². The number of benzene rings is 3. The number of guanidine groups is 1. The Morgan fingerprint density at radius 2 is 1.35 bits per heavy atom. The van der Waals surface area contributed by atoms with Crippen LogP contribution >= 0.6 is 0 Å². The van der Waals surface area contributed by atoms with Gasteiger partial charge < -0.3 is 48.8 Å². The van der Waals surface area contributed by atoms with Gasteiger partial charge in [0, 0.05) is 42.9 Å². The lowest BCUT2D eigenvalue weighted by Crippen LogP contribution is -2.64. The third-order valence-corrected chi connectivity index (χ3v) is 11.4. The number of nitrogens with two attached hydrogens (primary N) is 3. The number of fused-ring (bicyclic) bond motifs is 1. The standard InChI is InChI=1S/C46H60N10O6/c1-3-13-39(57)56-46(23-21-32(22-24-46)31-16-8-5-9-17-31)44(62)55-37(26-30-14-6-4-7-15-30)43(61)53-36(20-12-25-50-45(48)49)41(59)54-38(42(60)52-29(2)40(47)58)27-33-28-51-35-19-11-10-18-34(33)35/h4-11,14-19,28-29,32,36-38,51H,3,12-13,20-27H2,1-2H3,(H2,47,58)(H,52,60)(H,53,61)(H,54,59)(H,55,62)(H,56,57)(H4,48,49,50). The lowest BCUT2D eigenvalue weighted by atomic mass is 9.73. The summed E-state index contributed by atoms with van der Waals surface area (Å²) >= 11 is 0. The van der Waals surface area contributed by atoms with Crippen LogP contribution in [0.15, 0.2) is 96.1 Å². The Hall–Kier alpha value is -6.71. The second-order valence-corrected chi connectivity index (χ2v) is 16.0. The normalized spacial score (nSPS) is 17.9. The monoisotopic (exact) mass is 848 g/mol. The van der Waals surface area contributed by atoms with E-state index in [9.17, 15) is 28.8 Å². The largest absolute Gasteiger partial charge is 0.370 e. The van der Waals surface area contributed by atoms with Crippen molar-refractivity contribution in [2.45, 2.75) is 114 Å². The van der Waals surface area contributed by atoms with Crippen molar-refractivity contribution in [3.8, 4) is 0 Å². The molecule has 16 nitrogen and oxygen atoms in total. The first-order chi connectivity index (χ1) is 29.8. The van der Waals surface area contributed by atoms with Gasteiger partial charge in [0.25, 0.3) is 0 Å². The number of rotatable bonds is 21. The van der Waals surface area contributed by atoms with Crippen LogP contribution in [-0.2, 0) is 41.6 Å². The number of aliphatic imine (C=N–C) groups is 1. The minimum atomic E-state index is -1.27. The van der Waals surface area contributed by atoms with Crippen molar-refractivity contribution in [2.24, 2.45) is 22.2 Å². The minimum absolute atomic E-state index is 0.0331. The molecule has 5 rings (SSSR count). The zero-order chi connectivity index (χ0) is 44.6. The van der Waals surface area contributed by atoms with Crippen molar-refractivity contribution >= 4 is 52.3 Å². The summed E-state index contributed by atoms with van der Waals surface area (Å²) in [5.74, 6) is -3.45. The van der Waals surface area contributed by atoms with E-state index in [1.807, 2.05) is 79.7 Å². The molecule has 0 saturated heterocycles. The van der Waals surface area contributed by atoms with Crippen LogP contribution in [0.3, 0.4) is 0 Å². The van der Waals surface area contributed by atoms with Crippen LogP contribution < -0.4 is 43.8 Å². The van der Waals surface area contributed by atoms with Crippen LogP contribution in [0.4, 0.5) is 0 Å². The summed E-state index contributed by atoms with van der Waals surface area (Å²) in [5.41, 5.74) is 18.8. The fourth-order valence-electron chi connectivity index (χ4n) is 7.92. The lowest BCUT2D eigenvalue weighted by molar-refractivity contribution is -0.138. The molecular formula is C46H60N10O6. The molecule has 1 aliphatic carbocycles. The molecule has 16 heteroatoms. The number of para-hydroxylation sites is 1. The minimum Gasteiger partial charge on any atom is -0.370 e. The number of hydrogen-bond acceptors (Lipinski definition) is 7. The van der Waals surface area contributed by atoms with Gasteiger partial charge >= 0.3 is 0 Å². The fraction of sp³-hybridized carbons (Fsp3) is 0.413. The number of H-pyrrole nitrogens is 1. The predicted molar refractivity (Wildman–Crippen MR) is 238 cm³/mol. The molecule has 4 atom stereocenters. The van der Waals surface area contributed by atoms with E-state index in [4.69, 9.17) is 17.2 Å². The smallest absolute Gasteiger partial charge is 0.246 e. The molecule has 12 N–H and O–H groups in total. The average molecular weight is 849 g/mol. The molecule has 0 aliphatic heterocycles. The maximum Gasteiger partial charge on any atom is 0.246 e. The number of carbonyl (C=O) groups is 6. The molecule has 0 radical (unpaired) electrons. The van der Waals surface area contributed by atoms with E-state index >= 15 is 0 Å². The van der Waals surface area contributed by atoms with Crippen molar-refractivity contribution in [3.05, 3.63) is 108 Å². The molecule has 62 heavy (non-hydrogen) atoms. The lowest BCUT2D eigenvalue weighted by Gasteiger charge is -2.40. The topological polar surface area (TPSA) is 269 Å². The first-order valence-corrected chi connectivity index (χ1v) is 21.3. The van der Waals surface area contributed by atoms with Gasteiger partial charge in [0.05, 0.1) is 0 Å². The third-order valence-electron chi connectivity index (χ3n) is 11.4. The Labute approximate surface area is 362 Å². The van der Waals surface area contributed by atoms with Gasteiger partial charge in [-0.15, -0.1) is 0 Å². The van der Waals surface area contributed by atoms with E-state index < -0.39 is 59.2 Å². The number of carbonyl (C=O) groups excluding carboxylic acids is 6. The quantitative estimate of drug-likeness (QED) is 0.0341.